The van der Waals surface area contributed by atoms with Crippen LogP contribution in [0.4, 0.5) is 0 Å². The fraction of sp³-hybridized carbons (Fsp3) is 0.704. The number of aliphatic hydroxyl groups excluding tert-OH is 1. The first-order valence-corrected chi connectivity index (χ1v) is 13.2. The van der Waals surface area contributed by atoms with Crippen molar-refractivity contribution in [3.05, 3.63) is 35.8 Å². The molecule has 4 bridgehead atoms. The smallest absolute Gasteiger partial charge is 0.268 e. The molecule has 4 aliphatic carbocycles. The predicted octanol–water partition coefficient (Wildman–Crippen LogP) is 2.99. The van der Waals surface area contributed by atoms with Crippen LogP contribution in [-0.2, 0) is 6.42 Å². The van der Waals surface area contributed by atoms with E-state index in [1.807, 2.05) is 40.6 Å². The second-order valence-corrected chi connectivity index (χ2v) is 12.2. The van der Waals surface area contributed by atoms with Gasteiger partial charge in [-0.2, -0.15) is 0 Å². The maximum atomic E-state index is 13.3. The average molecular weight is 467 g/mol. The Balaban J connectivity index is 1.13. The van der Waals surface area contributed by atoms with Crippen molar-refractivity contribution in [1.82, 2.24) is 19.6 Å². The minimum atomic E-state index is -0.644. The molecule has 4 saturated carbocycles. The fourth-order valence-corrected chi connectivity index (χ4v) is 7.83. The number of carbonyl (C=O) groups is 1. The van der Waals surface area contributed by atoms with Gasteiger partial charge in [0.05, 0.1) is 11.3 Å². The van der Waals surface area contributed by atoms with Gasteiger partial charge in [0.1, 0.15) is 17.6 Å². The number of fused-ring (bicyclic) bond motifs is 1. The Hall–Kier alpha value is -1.96. The van der Waals surface area contributed by atoms with Crippen LogP contribution >= 0.6 is 0 Å². The third-order valence-corrected chi connectivity index (χ3v) is 9.25. The molecular formula is C27H38N4O3. The number of aliphatic hydroxyl groups is 2. The van der Waals surface area contributed by atoms with Crippen LogP contribution in [0.3, 0.4) is 0 Å². The fourth-order valence-electron chi connectivity index (χ4n) is 7.83. The van der Waals surface area contributed by atoms with Gasteiger partial charge in [0, 0.05) is 32.3 Å². The molecule has 0 radical (unpaired) electrons. The maximum absolute atomic E-state index is 13.3. The zero-order chi connectivity index (χ0) is 23.5. The summed E-state index contributed by atoms with van der Waals surface area (Å²) in [5.74, 6) is 2.59. The summed E-state index contributed by atoms with van der Waals surface area (Å²) in [4.78, 5) is 19.9. The number of carbonyl (C=O) groups excluding carboxylic acids is 1. The molecule has 3 N–H and O–H groups in total. The Kier molecular flexibility index (Phi) is 5.50. The number of hydrogen-bond donors (Lipinski definition) is 3. The Labute approximate surface area is 201 Å². The van der Waals surface area contributed by atoms with E-state index in [1.54, 1.807) is 0 Å². The largest absolute Gasteiger partial charge is 0.390 e. The molecule has 1 aliphatic heterocycles. The van der Waals surface area contributed by atoms with Crippen LogP contribution in [-0.4, -0.2) is 61.9 Å². The lowest BCUT2D eigenvalue weighted by Crippen LogP contribution is -2.51. The Morgan fingerprint density at radius 1 is 1.15 bits per heavy atom. The number of pyridine rings is 1. The maximum Gasteiger partial charge on any atom is 0.268 e. The lowest BCUT2D eigenvalue weighted by atomic mass is 9.49. The summed E-state index contributed by atoms with van der Waals surface area (Å²) in [6.07, 6.45) is 11.0. The molecule has 2 aromatic rings. The highest BCUT2D eigenvalue weighted by atomic mass is 16.3. The van der Waals surface area contributed by atoms with E-state index in [2.05, 4.69) is 10.3 Å². The normalized spacial score (nSPS) is 33.3. The Bertz CT molecular complexity index is 1030. The van der Waals surface area contributed by atoms with Crippen molar-refractivity contribution in [2.75, 3.05) is 19.6 Å². The zero-order valence-electron chi connectivity index (χ0n) is 20.2. The van der Waals surface area contributed by atoms with E-state index in [1.165, 1.54) is 38.5 Å². The number of rotatable bonds is 6. The first kappa shape index (κ1) is 22.5. The third-order valence-electron chi connectivity index (χ3n) is 9.25. The van der Waals surface area contributed by atoms with E-state index < -0.39 is 11.8 Å². The van der Waals surface area contributed by atoms with Gasteiger partial charge in [-0.15, -0.1) is 0 Å². The molecule has 0 aromatic carbocycles. The molecule has 7 nitrogen and oxygen atoms in total. The monoisotopic (exact) mass is 466 g/mol. The van der Waals surface area contributed by atoms with E-state index in [-0.39, 0.29) is 5.91 Å². The number of hydrogen-bond acceptors (Lipinski definition) is 5. The quantitative estimate of drug-likeness (QED) is 0.609. The minimum absolute atomic E-state index is 0.0379. The number of nitrogens with one attached hydrogen (secondary N) is 1. The number of aromatic nitrogens is 2. The molecule has 5 aliphatic rings. The van der Waals surface area contributed by atoms with Gasteiger partial charge in [0.2, 0.25) is 0 Å². The van der Waals surface area contributed by atoms with Gasteiger partial charge in [-0.1, -0.05) is 6.07 Å². The van der Waals surface area contributed by atoms with Crippen molar-refractivity contribution < 1.29 is 15.0 Å². The average Bonchev–Trinajstić information content (AvgIpc) is 3.19. The molecule has 184 valence electrons. The molecular weight excluding hydrogens is 428 g/mol. The lowest BCUT2D eigenvalue weighted by molar-refractivity contribution is -0.0653. The van der Waals surface area contributed by atoms with Crippen molar-refractivity contribution in [1.29, 1.82) is 0 Å². The molecule has 1 atom stereocenters. The van der Waals surface area contributed by atoms with E-state index in [4.69, 9.17) is 0 Å². The molecule has 1 amide bonds. The van der Waals surface area contributed by atoms with Crippen LogP contribution in [0.5, 0.6) is 0 Å². The topological polar surface area (TPSA) is 90.1 Å². The number of imidazole rings is 1. The molecule has 0 spiro atoms. The lowest BCUT2D eigenvalue weighted by Gasteiger charge is -2.56. The Morgan fingerprint density at radius 3 is 2.44 bits per heavy atom. The molecule has 7 rings (SSSR count). The van der Waals surface area contributed by atoms with Crippen molar-refractivity contribution in [2.45, 2.75) is 76.5 Å². The van der Waals surface area contributed by atoms with Crippen LogP contribution in [0.15, 0.2) is 24.4 Å². The molecule has 7 heteroatoms. The summed E-state index contributed by atoms with van der Waals surface area (Å²) >= 11 is 0. The summed E-state index contributed by atoms with van der Waals surface area (Å²) in [5, 5.41) is 24.2. The van der Waals surface area contributed by atoms with Crippen molar-refractivity contribution in [2.24, 2.45) is 23.2 Å². The number of nitrogens with zero attached hydrogens (tertiary/aromatic N) is 3. The van der Waals surface area contributed by atoms with E-state index >= 15 is 0 Å². The minimum Gasteiger partial charge on any atom is -0.390 e. The van der Waals surface area contributed by atoms with Gasteiger partial charge in [-0.05, 0) is 93.6 Å². The SMILES string of the molecule is CC1(O)CCN(C(O)Cc2cn3c(C(=O)NCC45CC6CC(CC(C6)C4)C5)cccc3n2)CC1. The van der Waals surface area contributed by atoms with Crippen molar-refractivity contribution in [3.8, 4) is 0 Å². The van der Waals surface area contributed by atoms with Gasteiger partial charge in [-0.3, -0.25) is 14.1 Å². The highest BCUT2D eigenvalue weighted by Gasteiger charge is 2.50. The van der Waals surface area contributed by atoms with E-state index in [0.29, 0.717) is 43.5 Å². The van der Waals surface area contributed by atoms with Crippen LogP contribution in [0.1, 0.15) is 74.5 Å². The summed E-state index contributed by atoms with van der Waals surface area (Å²) in [7, 11) is 0. The van der Waals surface area contributed by atoms with Gasteiger partial charge >= 0.3 is 0 Å². The summed E-state index contributed by atoms with van der Waals surface area (Å²) < 4.78 is 1.86. The van der Waals surface area contributed by atoms with Gasteiger partial charge < -0.3 is 15.5 Å². The number of likely N-dealkylation sites (tertiary alicyclic amines) is 1. The first-order chi connectivity index (χ1) is 16.3. The third kappa shape index (κ3) is 4.27. The second kappa shape index (κ2) is 8.32. The molecule has 1 saturated heterocycles. The zero-order valence-corrected chi connectivity index (χ0v) is 20.2. The van der Waals surface area contributed by atoms with Gasteiger partial charge in [-0.25, -0.2) is 4.98 Å². The van der Waals surface area contributed by atoms with Crippen LogP contribution in [0.25, 0.3) is 5.65 Å². The summed E-state index contributed by atoms with van der Waals surface area (Å²) in [6.45, 7) is 3.97. The van der Waals surface area contributed by atoms with Gasteiger partial charge in [0.15, 0.2) is 0 Å². The highest BCUT2D eigenvalue weighted by molar-refractivity contribution is 5.93. The summed E-state index contributed by atoms with van der Waals surface area (Å²) in [5.41, 5.74) is 1.76. The molecule has 2 aromatic heterocycles. The molecule has 1 unspecified atom stereocenters. The van der Waals surface area contributed by atoms with E-state index in [0.717, 1.165) is 35.6 Å². The molecule has 3 heterocycles. The molecule has 34 heavy (non-hydrogen) atoms. The first-order valence-electron chi connectivity index (χ1n) is 13.2. The van der Waals surface area contributed by atoms with Crippen molar-refractivity contribution >= 4 is 11.6 Å². The van der Waals surface area contributed by atoms with Crippen LogP contribution in [0, 0.1) is 23.2 Å². The van der Waals surface area contributed by atoms with Crippen LogP contribution < -0.4 is 5.32 Å². The highest BCUT2D eigenvalue weighted by Crippen LogP contribution is 2.59. The Morgan fingerprint density at radius 2 is 1.79 bits per heavy atom. The second-order valence-electron chi connectivity index (χ2n) is 12.2. The van der Waals surface area contributed by atoms with Crippen molar-refractivity contribution in [3.63, 3.8) is 0 Å². The van der Waals surface area contributed by atoms with Crippen LogP contribution in [0.2, 0.25) is 0 Å². The van der Waals surface area contributed by atoms with E-state index in [9.17, 15) is 15.0 Å². The predicted molar refractivity (Wildman–Crippen MR) is 129 cm³/mol. The van der Waals surface area contributed by atoms with Gasteiger partial charge in [0.25, 0.3) is 5.91 Å². The number of amides is 1. The molecule has 5 fully saturated rings. The summed E-state index contributed by atoms with van der Waals surface area (Å²) in [6, 6.07) is 5.65. The number of piperidine rings is 1. The standard InChI is InChI=1S/C27H38N4O3/c1-26(34)5-7-30(8-6-26)24(32)12-21-16-31-22(3-2-4-23(31)29-21)25(33)28-17-27-13-18-9-19(14-27)11-20(10-18)15-27/h2-4,16,18-20,24,32,34H,5-15,17H2,1H3,(H,28,33).